The number of nitrogens with zero attached hydrogens (tertiary/aromatic N) is 1. The molecule has 0 aromatic heterocycles. The number of benzene rings is 2. The standard InChI is InChI=1S/C22H23N3O3/c1-13-6-7-17-20(8-13)28-21(12-24-17)22(27)25-18-10-19(26)16(9-15(18)11-23)14-4-2-3-5-14/h6-10,14,21,24,26H,2-5,12H2,1H3,(H,25,27)/t21-/m0/s1. The zero-order chi connectivity index (χ0) is 19.7. The number of amides is 1. The summed E-state index contributed by atoms with van der Waals surface area (Å²) in [6.07, 6.45) is 3.58. The number of rotatable bonds is 3. The van der Waals surface area contributed by atoms with Gasteiger partial charge >= 0.3 is 0 Å². The molecule has 6 heteroatoms. The predicted molar refractivity (Wildman–Crippen MR) is 107 cm³/mol. The fraction of sp³-hybridized carbons (Fsp3) is 0.364. The minimum absolute atomic E-state index is 0.129. The molecule has 2 aromatic carbocycles. The van der Waals surface area contributed by atoms with E-state index in [0.29, 0.717) is 23.5 Å². The van der Waals surface area contributed by atoms with Gasteiger partial charge in [0.25, 0.3) is 5.91 Å². The van der Waals surface area contributed by atoms with Crippen molar-refractivity contribution >= 4 is 17.3 Å². The molecule has 0 unspecified atom stereocenters. The molecule has 6 nitrogen and oxygen atoms in total. The zero-order valence-corrected chi connectivity index (χ0v) is 15.8. The summed E-state index contributed by atoms with van der Waals surface area (Å²) < 4.78 is 5.84. The molecule has 28 heavy (non-hydrogen) atoms. The van der Waals surface area contributed by atoms with Gasteiger partial charge in [0.05, 0.1) is 23.5 Å². The molecule has 3 N–H and O–H groups in total. The molecular formula is C22H23N3O3. The van der Waals surface area contributed by atoms with E-state index < -0.39 is 6.10 Å². The second-order valence-electron chi connectivity index (χ2n) is 7.53. The molecule has 1 heterocycles. The summed E-state index contributed by atoms with van der Waals surface area (Å²) in [7, 11) is 0. The Balaban J connectivity index is 1.53. The first-order chi connectivity index (χ1) is 13.5. The minimum Gasteiger partial charge on any atom is -0.508 e. The van der Waals surface area contributed by atoms with Gasteiger partial charge in [0, 0.05) is 6.07 Å². The molecule has 1 saturated carbocycles. The summed E-state index contributed by atoms with van der Waals surface area (Å²) in [4.78, 5) is 12.7. The molecule has 1 aliphatic heterocycles. The maximum atomic E-state index is 12.7. The van der Waals surface area contributed by atoms with E-state index in [0.717, 1.165) is 42.5 Å². The van der Waals surface area contributed by atoms with Crippen LogP contribution in [0.2, 0.25) is 0 Å². The highest BCUT2D eigenvalue weighted by Gasteiger charge is 2.27. The molecule has 2 aliphatic rings. The lowest BCUT2D eigenvalue weighted by Gasteiger charge is -2.27. The van der Waals surface area contributed by atoms with Crippen LogP contribution in [0.5, 0.6) is 11.5 Å². The molecule has 0 spiro atoms. The van der Waals surface area contributed by atoms with Crippen molar-refractivity contribution < 1.29 is 14.6 Å². The van der Waals surface area contributed by atoms with E-state index in [2.05, 4.69) is 16.7 Å². The topological polar surface area (TPSA) is 94.4 Å². The molecule has 4 rings (SSSR count). The molecular weight excluding hydrogens is 354 g/mol. The van der Waals surface area contributed by atoms with Crippen LogP contribution in [0.3, 0.4) is 0 Å². The van der Waals surface area contributed by atoms with Crippen LogP contribution >= 0.6 is 0 Å². The second-order valence-corrected chi connectivity index (χ2v) is 7.53. The van der Waals surface area contributed by atoms with Gasteiger partial charge in [-0.2, -0.15) is 5.26 Å². The normalized spacial score (nSPS) is 18.5. The van der Waals surface area contributed by atoms with E-state index in [1.54, 1.807) is 6.07 Å². The fourth-order valence-corrected chi connectivity index (χ4v) is 3.99. The van der Waals surface area contributed by atoms with E-state index in [9.17, 15) is 15.2 Å². The van der Waals surface area contributed by atoms with Crippen LogP contribution < -0.4 is 15.4 Å². The summed E-state index contributed by atoms with van der Waals surface area (Å²) in [5, 5.41) is 25.9. The molecule has 2 aromatic rings. The van der Waals surface area contributed by atoms with Crippen LogP contribution in [0.25, 0.3) is 0 Å². The number of carbonyl (C=O) groups is 1. The van der Waals surface area contributed by atoms with Gasteiger partial charge in [0.15, 0.2) is 6.10 Å². The summed E-state index contributed by atoms with van der Waals surface area (Å²) >= 11 is 0. The van der Waals surface area contributed by atoms with Crippen molar-refractivity contribution in [2.75, 3.05) is 17.2 Å². The van der Waals surface area contributed by atoms with Crippen molar-refractivity contribution in [2.24, 2.45) is 0 Å². The monoisotopic (exact) mass is 377 g/mol. The van der Waals surface area contributed by atoms with Crippen LogP contribution in [0.1, 0.15) is 48.3 Å². The van der Waals surface area contributed by atoms with Crippen LogP contribution in [-0.4, -0.2) is 23.7 Å². The quantitative estimate of drug-likeness (QED) is 0.750. The lowest BCUT2D eigenvalue weighted by Crippen LogP contribution is -2.41. The van der Waals surface area contributed by atoms with Crippen molar-refractivity contribution in [1.82, 2.24) is 0 Å². The van der Waals surface area contributed by atoms with E-state index in [1.165, 1.54) is 6.07 Å². The van der Waals surface area contributed by atoms with Gasteiger partial charge in [-0.25, -0.2) is 0 Å². The van der Waals surface area contributed by atoms with E-state index >= 15 is 0 Å². The highest BCUT2D eigenvalue weighted by atomic mass is 16.5. The van der Waals surface area contributed by atoms with Gasteiger partial charge in [0.2, 0.25) is 0 Å². The number of hydrogen-bond acceptors (Lipinski definition) is 5. The third-order valence-corrected chi connectivity index (χ3v) is 5.52. The Labute approximate surface area is 164 Å². The smallest absolute Gasteiger partial charge is 0.267 e. The van der Waals surface area contributed by atoms with E-state index in [1.807, 2.05) is 25.1 Å². The first kappa shape index (κ1) is 18.2. The van der Waals surface area contributed by atoms with Crippen molar-refractivity contribution in [3.05, 3.63) is 47.0 Å². The Morgan fingerprint density at radius 3 is 2.82 bits per heavy atom. The van der Waals surface area contributed by atoms with Crippen molar-refractivity contribution in [3.8, 4) is 17.6 Å². The van der Waals surface area contributed by atoms with Gasteiger partial charge < -0.3 is 20.5 Å². The largest absolute Gasteiger partial charge is 0.508 e. The average Bonchev–Trinajstić information content (AvgIpc) is 3.22. The number of phenolic OH excluding ortho intramolecular Hbond substituents is 1. The SMILES string of the molecule is Cc1ccc2c(c1)O[C@H](C(=O)Nc1cc(O)c(C3CCCC3)cc1C#N)CN2. The van der Waals surface area contributed by atoms with Crippen LogP contribution in [-0.2, 0) is 4.79 Å². The Kier molecular flexibility index (Phi) is 4.82. The minimum atomic E-state index is -0.725. The summed E-state index contributed by atoms with van der Waals surface area (Å²) in [5.41, 5.74) is 3.36. The molecule has 1 amide bonds. The van der Waals surface area contributed by atoms with Gasteiger partial charge in [-0.05, 0) is 55.0 Å². The highest BCUT2D eigenvalue weighted by Crippen LogP contribution is 2.40. The lowest BCUT2D eigenvalue weighted by molar-refractivity contribution is -0.122. The van der Waals surface area contributed by atoms with Crippen molar-refractivity contribution in [2.45, 2.75) is 44.6 Å². The number of phenols is 1. The average molecular weight is 377 g/mol. The highest BCUT2D eigenvalue weighted by molar-refractivity contribution is 5.96. The molecule has 0 radical (unpaired) electrons. The third-order valence-electron chi connectivity index (χ3n) is 5.52. The van der Waals surface area contributed by atoms with Gasteiger partial charge in [0.1, 0.15) is 17.6 Å². The molecule has 144 valence electrons. The molecule has 1 aliphatic carbocycles. The number of anilines is 2. The predicted octanol–water partition coefficient (Wildman–Crippen LogP) is 4.04. The van der Waals surface area contributed by atoms with Crippen molar-refractivity contribution in [1.29, 1.82) is 5.26 Å². The molecule has 0 bridgehead atoms. The lowest BCUT2D eigenvalue weighted by atomic mass is 9.94. The summed E-state index contributed by atoms with van der Waals surface area (Å²) in [6.45, 7) is 2.29. The van der Waals surface area contributed by atoms with E-state index in [-0.39, 0.29) is 17.6 Å². The number of carbonyl (C=O) groups excluding carboxylic acids is 1. The van der Waals surface area contributed by atoms with E-state index in [4.69, 9.17) is 4.74 Å². The molecule has 0 saturated heterocycles. The number of fused-ring (bicyclic) bond motifs is 1. The van der Waals surface area contributed by atoms with Crippen LogP contribution in [0.4, 0.5) is 11.4 Å². The Morgan fingerprint density at radius 1 is 1.29 bits per heavy atom. The number of hydrogen-bond donors (Lipinski definition) is 3. The zero-order valence-electron chi connectivity index (χ0n) is 15.8. The molecule has 1 fully saturated rings. The number of nitriles is 1. The second kappa shape index (κ2) is 7.43. The van der Waals surface area contributed by atoms with Gasteiger partial charge in [-0.15, -0.1) is 0 Å². The summed E-state index contributed by atoms with van der Waals surface area (Å²) in [6, 6.07) is 11.1. The summed E-state index contributed by atoms with van der Waals surface area (Å²) in [5.74, 6) is 0.683. The Bertz CT molecular complexity index is 958. The first-order valence-electron chi connectivity index (χ1n) is 9.64. The van der Waals surface area contributed by atoms with Crippen molar-refractivity contribution in [3.63, 3.8) is 0 Å². The molecule has 1 atom stereocenters. The van der Waals surface area contributed by atoms with Crippen LogP contribution in [0, 0.1) is 18.3 Å². The maximum absolute atomic E-state index is 12.7. The fourth-order valence-electron chi connectivity index (χ4n) is 3.99. The number of nitrogens with one attached hydrogen (secondary N) is 2. The Morgan fingerprint density at radius 2 is 2.07 bits per heavy atom. The number of aryl methyl sites for hydroxylation is 1. The van der Waals surface area contributed by atoms with Gasteiger partial charge in [-0.1, -0.05) is 18.9 Å². The maximum Gasteiger partial charge on any atom is 0.267 e. The number of ether oxygens (including phenoxy) is 1. The Hall–Kier alpha value is -3.20. The first-order valence-corrected chi connectivity index (χ1v) is 9.64. The van der Waals surface area contributed by atoms with Crippen LogP contribution in [0.15, 0.2) is 30.3 Å². The number of aromatic hydroxyl groups is 1. The van der Waals surface area contributed by atoms with Gasteiger partial charge in [-0.3, -0.25) is 4.79 Å². The third kappa shape index (κ3) is 3.48.